The second-order valence-corrected chi connectivity index (χ2v) is 7.37. The molecule has 1 amide bonds. The van der Waals surface area contributed by atoms with Gasteiger partial charge in [0.15, 0.2) is 6.04 Å². The molecule has 1 rings (SSSR count). The number of aliphatic carboxylic acids is 1. The first-order valence-corrected chi connectivity index (χ1v) is 8.41. The second kappa shape index (κ2) is 8.02. The summed E-state index contributed by atoms with van der Waals surface area (Å²) in [5.74, 6) is -1.15. The highest BCUT2D eigenvalue weighted by Crippen LogP contribution is 2.32. The van der Waals surface area contributed by atoms with E-state index in [1.165, 1.54) is 11.0 Å². The number of amides is 1. The Hall–Kier alpha value is -1.27. The van der Waals surface area contributed by atoms with E-state index in [4.69, 9.17) is 16.3 Å². The number of rotatable bonds is 5. The SMILES string of the molecule is CCCN(C(=O)OC(C)(C)C)C(C(=O)O)c1cc(Cl)ccc1Br. The fraction of sp³-hybridized carbons (Fsp3) is 0.500. The highest BCUT2D eigenvalue weighted by Gasteiger charge is 2.35. The van der Waals surface area contributed by atoms with E-state index in [9.17, 15) is 14.7 Å². The maximum atomic E-state index is 12.5. The minimum Gasteiger partial charge on any atom is -0.479 e. The fourth-order valence-electron chi connectivity index (χ4n) is 2.05. The van der Waals surface area contributed by atoms with Crippen LogP contribution in [0.25, 0.3) is 0 Å². The lowest BCUT2D eigenvalue weighted by atomic mass is 10.1. The molecule has 1 N–H and O–H groups in total. The van der Waals surface area contributed by atoms with E-state index in [1.807, 2.05) is 6.92 Å². The number of ether oxygens (including phenoxy) is 1. The maximum Gasteiger partial charge on any atom is 0.411 e. The lowest BCUT2D eigenvalue weighted by molar-refractivity contribution is -0.143. The predicted molar refractivity (Wildman–Crippen MR) is 92.8 cm³/mol. The van der Waals surface area contributed by atoms with Crippen LogP contribution in [0, 0.1) is 0 Å². The molecule has 128 valence electrons. The zero-order valence-corrected chi connectivity index (χ0v) is 15.9. The van der Waals surface area contributed by atoms with E-state index in [-0.39, 0.29) is 6.54 Å². The van der Waals surface area contributed by atoms with Crippen LogP contribution in [-0.2, 0) is 9.53 Å². The van der Waals surface area contributed by atoms with Crippen LogP contribution in [0.2, 0.25) is 5.02 Å². The van der Waals surface area contributed by atoms with Crippen LogP contribution in [0.4, 0.5) is 4.79 Å². The third-order valence-corrected chi connectivity index (χ3v) is 3.85. The predicted octanol–water partition coefficient (Wildman–Crippen LogP) is 4.88. The van der Waals surface area contributed by atoms with Gasteiger partial charge < -0.3 is 9.84 Å². The van der Waals surface area contributed by atoms with E-state index in [2.05, 4.69) is 15.9 Å². The van der Waals surface area contributed by atoms with Gasteiger partial charge in [-0.25, -0.2) is 9.59 Å². The number of carboxylic acids is 1. The fourth-order valence-corrected chi connectivity index (χ4v) is 2.69. The monoisotopic (exact) mass is 405 g/mol. The summed E-state index contributed by atoms with van der Waals surface area (Å²) in [7, 11) is 0. The van der Waals surface area contributed by atoms with Crippen LogP contribution in [0.1, 0.15) is 45.7 Å². The average molecular weight is 407 g/mol. The standard InChI is InChI=1S/C16H21BrClNO4/c1-5-8-19(15(22)23-16(2,3)4)13(14(20)21)11-9-10(18)6-7-12(11)17/h6-7,9,13H,5,8H2,1-4H3,(H,20,21). The Balaban J connectivity index is 3.29. The molecule has 0 radical (unpaired) electrons. The minimum atomic E-state index is -1.18. The molecule has 0 aromatic heterocycles. The van der Waals surface area contributed by atoms with Gasteiger partial charge in [0.2, 0.25) is 0 Å². The first kappa shape index (κ1) is 19.8. The molecule has 5 nitrogen and oxygen atoms in total. The molecule has 1 unspecified atom stereocenters. The van der Waals surface area contributed by atoms with Gasteiger partial charge >= 0.3 is 12.1 Å². The molecule has 1 aromatic rings. The van der Waals surface area contributed by atoms with Crippen molar-refractivity contribution in [2.24, 2.45) is 0 Å². The summed E-state index contributed by atoms with van der Waals surface area (Å²) >= 11 is 9.31. The molecule has 1 aromatic carbocycles. The Kier molecular flexibility index (Phi) is 6.89. The van der Waals surface area contributed by atoms with Crippen molar-refractivity contribution >= 4 is 39.6 Å². The van der Waals surface area contributed by atoms with E-state index in [0.29, 0.717) is 21.5 Å². The number of nitrogens with zero attached hydrogens (tertiary/aromatic N) is 1. The molecule has 0 aliphatic rings. The zero-order chi connectivity index (χ0) is 17.8. The van der Waals surface area contributed by atoms with E-state index in [0.717, 1.165) is 0 Å². The number of carboxylic acid groups (broad SMARTS) is 1. The second-order valence-electron chi connectivity index (χ2n) is 6.08. The summed E-state index contributed by atoms with van der Waals surface area (Å²) < 4.78 is 5.92. The Morgan fingerprint density at radius 3 is 2.48 bits per heavy atom. The molecule has 0 aliphatic carbocycles. The third-order valence-electron chi connectivity index (χ3n) is 2.89. The first-order valence-electron chi connectivity index (χ1n) is 7.24. The van der Waals surface area contributed by atoms with Crippen molar-refractivity contribution in [1.82, 2.24) is 4.90 Å². The molecule has 0 saturated carbocycles. The van der Waals surface area contributed by atoms with Gasteiger partial charge in [0.05, 0.1) is 0 Å². The topological polar surface area (TPSA) is 66.8 Å². The quantitative estimate of drug-likeness (QED) is 0.757. The molecule has 0 bridgehead atoms. The maximum absolute atomic E-state index is 12.5. The van der Waals surface area contributed by atoms with Crippen LogP contribution >= 0.6 is 27.5 Å². The van der Waals surface area contributed by atoms with Crippen molar-refractivity contribution in [2.75, 3.05) is 6.54 Å². The van der Waals surface area contributed by atoms with E-state index < -0.39 is 23.7 Å². The van der Waals surface area contributed by atoms with Gasteiger partial charge in [-0.2, -0.15) is 0 Å². The van der Waals surface area contributed by atoms with Gasteiger partial charge in [0, 0.05) is 21.6 Å². The molecular weight excluding hydrogens is 386 g/mol. The van der Waals surface area contributed by atoms with Crippen LogP contribution in [0.5, 0.6) is 0 Å². The van der Waals surface area contributed by atoms with Crippen molar-refractivity contribution < 1.29 is 19.4 Å². The molecule has 0 fully saturated rings. The van der Waals surface area contributed by atoms with Crippen molar-refractivity contribution in [3.05, 3.63) is 33.3 Å². The Morgan fingerprint density at radius 2 is 2.00 bits per heavy atom. The van der Waals surface area contributed by atoms with E-state index >= 15 is 0 Å². The zero-order valence-electron chi connectivity index (χ0n) is 13.6. The van der Waals surface area contributed by atoms with Gasteiger partial charge in [0.25, 0.3) is 0 Å². The Bertz CT molecular complexity index is 586. The molecule has 0 spiro atoms. The van der Waals surface area contributed by atoms with Crippen molar-refractivity contribution in [2.45, 2.75) is 45.8 Å². The summed E-state index contributed by atoms with van der Waals surface area (Å²) in [4.78, 5) is 25.5. The molecule has 0 heterocycles. The van der Waals surface area contributed by atoms with Gasteiger partial charge in [-0.15, -0.1) is 0 Å². The van der Waals surface area contributed by atoms with Crippen molar-refractivity contribution in [3.63, 3.8) is 0 Å². The third kappa shape index (κ3) is 5.70. The summed E-state index contributed by atoms with van der Waals surface area (Å²) in [6.07, 6.45) is -0.0695. The number of hydrogen-bond donors (Lipinski definition) is 1. The molecule has 7 heteroatoms. The smallest absolute Gasteiger partial charge is 0.411 e. The number of carbonyl (C=O) groups is 2. The highest BCUT2D eigenvalue weighted by molar-refractivity contribution is 9.10. The average Bonchev–Trinajstić information content (AvgIpc) is 2.39. The molecule has 1 atom stereocenters. The minimum absolute atomic E-state index is 0.255. The van der Waals surface area contributed by atoms with Crippen LogP contribution < -0.4 is 0 Å². The number of hydrogen-bond acceptors (Lipinski definition) is 3. The summed E-state index contributed by atoms with van der Waals surface area (Å²) in [5.41, 5.74) is -0.304. The van der Waals surface area contributed by atoms with Gasteiger partial charge in [-0.05, 0) is 45.4 Å². The molecule has 0 aliphatic heterocycles. The van der Waals surface area contributed by atoms with Crippen LogP contribution in [0.3, 0.4) is 0 Å². The number of benzene rings is 1. The first-order chi connectivity index (χ1) is 10.6. The number of carbonyl (C=O) groups excluding carboxylic acids is 1. The van der Waals surface area contributed by atoms with Crippen LogP contribution in [0.15, 0.2) is 22.7 Å². The summed E-state index contributed by atoms with van der Waals surface area (Å²) in [6.45, 7) is 7.33. The summed E-state index contributed by atoms with van der Waals surface area (Å²) in [6, 6.07) is 3.66. The highest BCUT2D eigenvalue weighted by atomic mass is 79.9. The lowest BCUT2D eigenvalue weighted by Gasteiger charge is -2.32. The van der Waals surface area contributed by atoms with Crippen LogP contribution in [-0.4, -0.2) is 34.2 Å². The summed E-state index contributed by atoms with van der Waals surface area (Å²) in [5, 5.41) is 10.1. The van der Waals surface area contributed by atoms with Gasteiger partial charge in [-0.1, -0.05) is 34.5 Å². The molecule has 23 heavy (non-hydrogen) atoms. The van der Waals surface area contributed by atoms with Gasteiger partial charge in [-0.3, -0.25) is 4.90 Å². The Morgan fingerprint density at radius 1 is 1.39 bits per heavy atom. The lowest BCUT2D eigenvalue weighted by Crippen LogP contribution is -2.42. The van der Waals surface area contributed by atoms with Crippen molar-refractivity contribution in [1.29, 1.82) is 0 Å². The number of halogens is 2. The Labute approximate surface area is 149 Å². The molecule has 0 saturated heterocycles. The largest absolute Gasteiger partial charge is 0.479 e. The van der Waals surface area contributed by atoms with Crippen molar-refractivity contribution in [3.8, 4) is 0 Å². The van der Waals surface area contributed by atoms with Gasteiger partial charge in [0.1, 0.15) is 5.60 Å². The van der Waals surface area contributed by atoms with E-state index in [1.54, 1.807) is 32.9 Å². The molecular formula is C16H21BrClNO4. The normalized spacial score (nSPS) is 12.6.